The van der Waals surface area contributed by atoms with Crippen LogP contribution in [0.25, 0.3) is 11.1 Å². The molecule has 0 radical (unpaired) electrons. The van der Waals surface area contributed by atoms with Crippen LogP contribution in [0.5, 0.6) is 0 Å². The van der Waals surface area contributed by atoms with E-state index in [4.69, 9.17) is 1.37 Å². The number of nitrogens with zero attached hydrogens (tertiary/aromatic N) is 1. The monoisotopic (exact) mass is 665 g/mol. The second kappa shape index (κ2) is 13.2. The standard InChI is InChI=1S/C44H32N4O3/c49-40-28-25-36(48-40)42(30-15-7-2-8-16-30)34-22-21-33(45-34)41(29-13-5-1-6-14-29)35-23-26-38(46-35)44(51,32-19-11-4-12-20-32)39-27-24-37(47-39)43(50)31-17-9-3-10-18-31/h1-28,45-47,51H/b41-33-,42-34+/i25D. The Kier molecular flexibility index (Phi) is 7.85. The van der Waals surface area contributed by atoms with Gasteiger partial charge in [-0.2, -0.15) is 0 Å². The number of ketones is 1. The number of benzene rings is 4. The molecule has 8 rings (SSSR count). The third-order valence-corrected chi connectivity index (χ3v) is 9.03. The van der Waals surface area contributed by atoms with Crippen molar-refractivity contribution in [3.05, 3.63) is 226 Å². The van der Waals surface area contributed by atoms with Gasteiger partial charge in [0.2, 0.25) is 5.78 Å². The van der Waals surface area contributed by atoms with Crippen molar-refractivity contribution in [2.24, 2.45) is 4.99 Å². The van der Waals surface area contributed by atoms with E-state index in [2.05, 4.69) is 19.9 Å². The lowest BCUT2D eigenvalue weighted by Gasteiger charge is -2.27. The lowest BCUT2D eigenvalue weighted by molar-refractivity contribution is -0.113. The van der Waals surface area contributed by atoms with Crippen LogP contribution in [-0.2, 0) is 10.4 Å². The van der Waals surface area contributed by atoms with Crippen LogP contribution < -0.4 is 10.7 Å². The molecule has 7 nitrogen and oxygen atoms in total. The lowest BCUT2D eigenvalue weighted by atomic mass is 9.87. The van der Waals surface area contributed by atoms with Gasteiger partial charge in [-0.1, -0.05) is 121 Å². The Labute approximate surface area is 295 Å². The highest BCUT2D eigenvalue weighted by atomic mass is 16.3. The molecule has 1 aliphatic heterocycles. The van der Waals surface area contributed by atoms with E-state index in [0.717, 1.165) is 27.7 Å². The maximum atomic E-state index is 13.4. The van der Waals surface area contributed by atoms with Gasteiger partial charge in [-0.15, -0.1) is 0 Å². The number of carbonyl (C=O) groups is 2. The Morgan fingerprint density at radius 1 is 0.569 bits per heavy atom. The fourth-order valence-electron chi connectivity index (χ4n) is 6.58. The molecular formula is C44H32N4O3. The number of amides is 1. The number of allylic oxidation sites excluding steroid dienone is 1. The van der Waals surface area contributed by atoms with E-state index < -0.39 is 11.5 Å². The highest BCUT2D eigenvalue weighted by Crippen LogP contribution is 2.37. The number of aliphatic hydroxyl groups is 1. The first-order chi connectivity index (χ1) is 25.4. The first-order valence-electron chi connectivity index (χ1n) is 17.0. The molecule has 246 valence electrons. The fraction of sp³-hybridized carbons (Fsp3) is 0.0227. The van der Waals surface area contributed by atoms with E-state index >= 15 is 0 Å². The van der Waals surface area contributed by atoms with Crippen LogP contribution in [0.2, 0.25) is 0 Å². The quantitative estimate of drug-likeness (QED) is 0.138. The van der Waals surface area contributed by atoms with Gasteiger partial charge in [-0.05, 0) is 59.1 Å². The molecular weight excluding hydrogens is 633 g/mol. The summed E-state index contributed by atoms with van der Waals surface area (Å²) in [5.74, 6) is -0.635. The average molecular weight is 666 g/mol. The third-order valence-electron chi connectivity index (χ3n) is 9.03. The SMILES string of the molecule is [2H]C1=CC(=O)N=C1/C(c1ccccc1)=c1\cc/c(=C(\c2ccccc2)c2ccc(C(O)(c3ccccc3)c3ccc(C(=O)c4ccccc4)[nH]3)[nH]2)[nH]1. The Bertz CT molecular complexity index is 2620. The van der Waals surface area contributed by atoms with Crippen LogP contribution in [0.3, 0.4) is 0 Å². The number of nitrogens with one attached hydrogen (secondary N) is 3. The van der Waals surface area contributed by atoms with E-state index in [1.54, 1.807) is 24.3 Å². The van der Waals surface area contributed by atoms with Gasteiger partial charge in [-0.3, -0.25) is 9.59 Å². The van der Waals surface area contributed by atoms with Gasteiger partial charge in [0, 0.05) is 39.2 Å². The van der Waals surface area contributed by atoms with Crippen LogP contribution in [0, 0.1) is 0 Å². The maximum Gasteiger partial charge on any atom is 0.270 e. The van der Waals surface area contributed by atoms with Gasteiger partial charge in [0.05, 0.1) is 24.2 Å². The molecule has 1 unspecified atom stereocenters. The number of H-pyrrole nitrogens is 3. The fourth-order valence-corrected chi connectivity index (χ4v) is 6.58. The zero-order valence-electron chi connectivity index (χ0n) is 28.3. The summed E-state index contributed by atoms with van der Waals surface area (Å²) >= 11 is 0. The van der Waals surface area contributed by atoms with Crippen molar-refractivity contribution < 1.29 is 16.1 Å². The summed E-state index contributed by atoms with van der Waals surface area (Å²) in [6, 6.07) is 49.0. The molecule has 1 amide bonds. The van der Waals surface area contributed by atoms with Crippen molar-refractivity contribution in [3.63, 3.8) is 0 Å². The molecule has 4 aromatic carbocycles. The molecule has 1 aliphatic rings. The average Bonchev–Trinajstić information content (AvgIpc) is 4.02. The molecule has 51 heavy (non-hydrogen) atoms. The van der Waals surface area contributed by atoms with Gasteiger partial charge in [0.25, 0.3) is 5.91 Å². The molecule has 0 saturated heterocycles. The molecule has 4 N–H and O–H groups in total. The Hall–Kier alpha value is -6.83. The second-order valence-electron chi connectivity index (χ2n) is 12.2. The van der Waals surface area contributed by atoms with Crippen LogP contribution in [-0.4, -0.2) is 37.5 Å². The normalized spacial score (nSPS) is 15.4. The summed E-state index contributed by atoms with van der Waals surface area (Å²) in [4.78, 5) is 40.1. The van der Waals surface area contributed by atoms with Crippen LogP contribution in [0.1, 0.15) is 51.2 Å². The van der Waals surface area contributed by atoms with Crippen molar-refractivity contribution in [1.29, 1.82) is 0 Å². The van der Waals surface area contributed by atoms with Gasteiger partial charge >= 0.3 is 0 Å². The smallest absolute Gasteiger partial charge is 0.270 e. The number of carbonyl (C=O) groups excluding carboxylic acids is 2. The minimum Gasteiger partial charge on any atom is -0.373 e. The van der Waals surface area contributed by atoms with Crippen molar-refractivity contribution in [1.82, 2.24) is 15.0 Å². The first kappa shape index (κ1) is 30.2. The summed E-state index contributed by atoms with van der Waals surface area (Å²) in [7, 11) is 0. The van der Waals surface area contributed by atoms with Crippen LogP contribution in [0.15, 0.2) is 175 Å². The van der Waals surface area contributed by atoms with E-state index in [0.29, 0.717) is 44.8 Å². The molecule has 7 heteroatoms. The van der Waals surface area contributed by atoms with Gasteiger partial charge in [-0.25, -0.2) is 4.99 Å². The van der Waals surface area contributed by atoms with E-state index in [1.807, 2.05) is 133 Å². The summed E-state index contributed by atoms with van der Waals surface area (Å²) in [5.41, 5.74) is 5.01. The number of rotatable bonds is 9. The Morgan fingerprint density at radius 2 is 1.06 bits per heavy atom. The Morgan fingerprint density at radius 3 is 1.63 bits per heavy atom. The van der Waals surface area contributed by atoms with Crippen molar-refractivity contribution >= 4 is 28.5 Å². The molecule has 4 heterocycles. The van der Waals surface area contributed by atoms with Crippen LogP contribution >= 0.6 is 0 Å². The maximum absolute atomic E-state index is 13.4. The van der Waals surface area contributed by atoms with Crippen LogP contribution in [0.4, 0.5) is 0 Å². The molecule has 0 fully saturated rings. The molecule has 0 aliphatic carbocycles. The minimum atomic E-state index is -1.67. The van der Waals surface area contributed by atoms with Crippen molar-refractivity contribution in [2.75, 3.05) is 0 Å². The van der Waals surface area contributed by atoms with Gasteiger partial charge in [0.15, 0.2) is 5.60 Å². The van der Waals surface area contributed by atoms with Crippen molar-refractivity contribution in [3.8, 4) is 0 Å². The largest absolute Gasteiger partial charge is 0.373 e. The highest BCUT2D eigenvalue weighted by Gasteiger charge is 2.37. The molecule has 7 aromatic rings. The number of hydrogen-bond acceptors (Lipinski definition) is 3. The van der Waals surface area contributed by atoms with Gasteiger partial charge in [0.1, 0.15) is 0 Å². The summed E-state index contributed by atoms with van der Waals surface area (Å²) in [5, 5.41) is 14.2. The molecule has 0 saturated carbocycles. The molecule has 0 bridgehead atoms. The zero-order chi connectivity index (χ0) is 35.7. The number of aliphatic imine (C=N–C) groups is 1. The second-order valence-corrected chi connectivity index (χ2v) is 12.2. The topological polar surface area (TPSA) is 114 Å². The third kappa shape index (κ3) is 5.92. The number of hydrogen-bond donors (Lipinski definition) is 4. The Balaban J connectivity index is 1.31. The van der Waals surface area contributed by atoms with E-state index in [1.165, 1.54) is 6.08 Å². The summed E-state index contributed by atoms with van der Waals surface area (Å²) < 4.78 is 8.50. The minimum absolute atomic E-state index is 0.0550. The van der Waals surface area contributed by atoms with Gasteiger partial charge < -0.3 is 20.1 Å². The lowest BCUT2D eigenvalue weighted by Crippen LogP contribution is -2.30. The zero-order valence-corrected chi connectivity index (χ0v) is 27.3. The van der Waals surface area contributed by atoms with E-state index in [-0.39, 0.29) is 11.8 Å². The first-order valence-corrected chi connectivity index (χ1v) is 16.5. The molecule has 0 spiro atoms. The predicted molar refractivity (Wildman–Crippen MR) is 199 cm³/mol. The molecule has 3 aromatic heterocycles. The number of aromatic nitrogens is 3. The summed E-state index contributed by atoms with van der Waals surface area (Å²) in [6.45, 7) is 0. The molecule has 1 atom stereocenters. The number of aromatic amines is 3. The van der Waals surface area contributed by atoms with E-state index in [9.17, 15) is 14.7 Å². The predicted octanol–water partition coefficient (Wildman–Crippen LogP) is 6.17. The van der Waals surface area contributed by atoms with Crippen molar-refractivity contribution in [2.45, 2.75) is 5.60 Å². The summed E-state index contributed by atoms with van der Waals surface area (Å²) in [6.07, 6.45) is 1.22. The highest BCUT2D eigenvalue weighted by molar-refractivity contribution is 6.34.